The fourth-order valence-electron chi connectivity index (χ4n) is 1.36. The van der Waals surface area contributed by atoms with Crippen molar-refractivity contribution in [2.75, 3.05) is 0 Å². The van der Waals surface area contributed by atoms with Crippen LogP contribution in [0.5, 0.6) is 0 Å². The van der Waals surface area contributed by atoms with E-state index in [1.807, 2.05) is 18.3 Å². The topological polar surface area (TPSA) is 12.9 Å². The lowest BCUT2D eigenvalue weighted by atomic mass is 10.1. The van der Waals surface area contributed by atoms with Gasteiger partial charge in [0.25, 0.3) is 0 Å². The minimum atomic E-state index is 0.926. The Labute approximate surface area is 91.9 Å². The first-order valence-electron chi connectivity index (χ1n) is 4.48. The Kier molecular flexibility index (Phi) is 2.94. The molecule has 0 saturated carbocycles. The van der Waals surface area contributed by atoms with Crippen molar-refractivity contribution < 1.29 is 0 Å². The Balaban J connectivity index is 2.24. The summed E-state index contributed by atoms with van der Waals surface area (Å²) < 4.78 is 1.16. The van der Waals surface area contributed by atoms with E-state index in [-0.39, 0.29) is 0 Å². The third kappa shape index (κ3) is 2.20. The third-order valence-electron chi connectivity index (χ3n) is 2.08. The molecule has 2 heteroatoms. The summed E-state index contributed by atoms with van der Waals surface area (Å²) >= 11 is 3.53. The van der Waals surface area contributed by atoms with Gasteiger partial charge in [0.15, 0.2) is 0 Å². The van der Waals surface area contributed by atoms with Crippen molar-refractivity contribution in [2.24, 2.45) is 0 Å². The van der Waals surface area contributed by atoms with Crippen molar-refractivity contribution in [2.45, 2.75) is 6.42 Å². The molecule has 0 radical (unpaired) electrons. The van der Waals surface area contributed by atoms with Crippen LogP contribution in [-0.2, 0) is 6.42 Å². The van der Waals surface area contributed by atoms with Gasteiger partial charge in [-0.3, -0.25) is 4.98 Å². The Morgan fingerprint density at radius 3 is 2.64 bits per heavy atom. The molecule has 0 fully saturated rings. The molecule has 0 aliphatic rings. The largest absolute Gasteiger partial charge is 0.264 e. The summed E-state index contributed by atoms with van der Waals surface area (Å²) in [5.41, 5.74) is 2.53. The van der Waals surface area contributed by atoms with Gasteiger partial charge in [-0.1, -0.05) is 40.2 Å². The maximum Gasteiger partial charge on any atom is 0.0303 e. The molecule has 1 heterocycles. The fraction of sp³-hybridized carbons (Fsp3) is 0.0833. The summed E-state index contributed by atoms with van der Waals surface area (Å²) in [4.78, 5) is 4.10. The van der Waals surface area contributed by atoms with Crippen LogP contribution < -0.4 is 0 Å². The van der Waals surface area contributed by atoms with Crippen LogP contribution in [-0.4, -0.2) is 4.98 Å². The Morgan fingerprint density at radius 2 is 1.93 bits per heavy atom. The van der Waals surface area contributed by atoms with E-state index in [0.717, 1.165) is 10.9 Å². The zero-order chi connectivity index (χ0) is 9.80. The number of nitrogens with zero attached hydrogens (tertiary/aromatic N) is 1. The lowest BCUT2D eigenvalue weighted by Gasteiger charge is -2.03. The number of rotatable bonds is 2. The number of pyridine rings is 1. The second-order valence-corrected chi connectivity index (χ2v) is 3.98. The lowest BCUT2D eigenvalue weighted by Crippen LogP contribution is -1.89. The van der Waals surface area contributed by atoms with E-state index in [2.05, 4.69) is 45.2 Å². The highest BCUT2D eigenvalue weighted by Crippen LogP contribution is 2.18. The average molecular weight is 248 g/mol. The van der Waals surface area contributed by atoms with Gasteiger partial charge in [0.1, 0.15) is 0 Å². The summed E-state index contributed by atoms with van der Waals surface area (Å²) in [7, 11) is 0. The number of aromatic nitrogens is 1. The quantitative estimate of drug-likeness (QED) is 0.793. The molecule has 1 aromatic carbocycles. The first-order valence-corrected chi connectivity index (χ1v) is 5.28. The zero-order valence-electron chi connectivity index (χ0n) is 7.65. The third-order valence-corrected chi connectivity index (χ3v) is 2.85. The highest BCUT2D eigenvalue weighted by Gasteiger charge is 1.99. The van der Waals surface area contributed by atoms with Gasteiger partial charge in [0.05, 0.1) is 0 Å². The minimum absolute atomic E-state index is 0.926. The molecule has 0 bridgehead atoms. The molecule has 0 amide bonds. The van der Waals surface area contributed by atoms with Crippen LogP contribution in [0, 0.1) is 0 Å². The van der Waals surface area contributed by atoms with Gasteiger partial charge < -0.3 is 0 Å². The molecule has 0 saturated heterocycles. The van der Waals surface area contributed by atoms with Crippen LogP contribution in [0.4, 0.5) is 0 Å². The second kappa shape index (κ2) is 4.38. The van der Waals surface area contributed by atoms with Crippen molar-refractivity contribution in [1.82, 2.24) is 4.98 Å². The summed E-state index contributed by atoms with van der Waals surface area (Å²) in [5.74, 6) is 0. The first-order chi connectivity index (χ1) is 6.86. The van der Waals surface area contributed by atoms with Crippen LogP contribution in [0.25, 0.3) is 0 Å². The Hall–Kier alpha value is -1.15. The first kappa shape index (κ1) is 9.41. The molecule has 0 spiro atoms. The number of hydrogen-bond donors (Lipinski definition) is 0. The second-order valence-electron chi connectivity index (χ2n) is 3.13. The molecule has 0 N–H and O–H groups in total. The SMILES string of the molecule is Brc1ccccc1Cc1cccnc1. The molecule has 0 unspecified atom stereocenters. The molecule has 0 aliphatic carbocycles. The summed E-state index contributed by atoms with van der Waals surface area (Å²) in [6.45, 7) is 0. The predicted octanol–water partition coefficient (Wildman–Crippen LogP) is 3.43. The van der Waals surface area contributed by atoms with E-state index >= 15 is 0 Å². The van der Waals surface area contributed by atoms with E-state index in [4.69, 9.17) is 0 Å². The average Bonchev–Trinajstić information content (AvgIpc) is 2.23. The van der Waals surface area contributed by atoms with Crippen LogP contribution in [0.3, 0.4) is 0 Å². The molecule has 2 aromatic rings. The van der Waals surface area contributed by atoms with E-state index in [9.17, 15) is 0 Å². The van der Waals surface area contributed by atoms with Crippen molar-refractivity contribution in [3.8, 4) is 0 Å². The maximum absolute atomic E-state index is 4.10. The monoisotopic (exact) mass is 247 g/mol. The van der Waals surface area contributed by atoms with Crippen LogP contribution in [0.2, 0.25) is 0 Å². The molecule has 14 heavy (non-hydrogen) atoms. The van der Waals surface area contributed by atoms with E-state index in [0.29, 0.717) is 0 Å². The van der Waals surface area contributed by atoms with E-state index in [1.54, 1.807) is 6.20 Å². The summed E-state index contributed by atoms with van der Waals surface area (Å²) in [6.07, 6.45) is 4.62. The van der Waals surface area contributed by atoms with Crippen LogP contribution >= 0.6 is 15.9 Å². The Bertz CT molecular complexity index is 412. The van der Waals surface area contributed by atoms with Gasteiger partial charge in [-0.2, -0.15) is 0 Å². The van der Waals surface area contributed by atoms with Gasteiger partial charge in [0.2, 0.25) is 0 Å². The highest BCUT2D eigenvalue weighted by atomic mass is 79.9. The number of hydrogen-bond acceptors (Lipinski definition) is 1. The van der Waals surface area contributed by atoms with E-state index < -0.39 is 0 Å². The summed E-state index contributed by atoms with van der Waals surface area (Å²) in [5, 5.41) is 0. The van der Waals surface area contributed by atoms with E-state index in [1.165, 1.54) is 11.1 Å². The molecular weight excluding hydrogens is 238 g/mol. The smallest absolute Gasteiger partial charge is 0.0303 e. The van der Waals surface area contributed by atoms with Gasteiger partial charge in [-0.05, 0) is 23.3 Å². The highest BCUT2D eigenvalue weighted by molar-refractivity contribution is 9.10. The van der Waals surface area contributed by atoms with Gasteiger partial charge >= 0.3 is 0 Å². The molecule has 0 aliphatic heterocycles. The van der Waals surface area contributed by atoms with Gasteiger partial charge in [0, 0.05) is 23.3 Å². The van der Waals surface area contributed by atoms with Crippen molar-refractivity contribution in [1.29, 1.82) is 0 Å². The standard InChI is InChI=1S/C12H10BrN/c13-12-6-2-1-5-11(12)8-10-4-3-7-14-9-10/h1-7,9H,8H2. The fourth-order valence-corrected chi connectivity index (χ4v) is 1.79. The lowest BCUT2D eigenvalue weighted by molar-refractivity contribution is 1.14. The molecule has 70 valence electrons. The van der Waals surface area contributed by atoms with Crippen molar-refractivity contribution in [3.63, 3.8) is 0 Å². The van der Waals surface area contributed by atoms with Crippen LogP contribution in [0.1, 0.15) is 11.1 Å². The van der Waals surface area contributed by atoms with Crippen molar-refractivity contribution in [3.05, 3.63) is 64.4 Å². The number of halogens is 1. The predicted molar refractivity (Wildman–Crippen MR) is 61.2 cm³/mol. The summed E-state index contributed by atoms with van der Waals surface area (Å²) in [6, 6.07) is 12.3. The molecular formula is C12H10BrN. The normalized spacial score (nSPS) is 10.1. The zero-order valence-corrected chi connectivity index (χ0v) is 9.24. The van der Waals surface area contributed by atoms with Gasteiger partial charge in [-0.25, -0.2) is 0 Å². The molecule has 0 atom stereocenters. The molecule has 2 rings (SSSR count). The Morgan fingerprint density at radius 1 is 1.07 bits per heavy atom. The number of benzene rings is 1. The van der Waals surface area contributed by atoms with Gasteiger partial charge in [-0.15, -0.1) is 0 Å². The minimum Gasteiger partial charge on any atom is -0.264 e. The maximum atomic E-state index is 4.10. The molecule has 1 aromatic heterocycles. The van der Waals surface area contributed by atoms with Crippen molar-refractivity contribution >= 4 is 15.9 Å². The van der Waals surface area contributed by atoms with Crippen LogP contribution in [0.15, 0.2) is 53.3 Å². The molecule has 1 nitrogen and oxygen atoms in total.